The Morgan fingerprint density at radius 2 is 1.67 bits per heavy atom. The summed E-state index contributed by atoms with van der Waals surface area (Å²) in [6, 6.07) is 16.0. The minimum absolute atomic E-state index is 0.00741. The van der Waals surface area contributed by atoms with E-state index in [-0.39, 0.29) is 25.5 Å². The van der Waals surface area contributed by atoms with Gasteiger partial charge in [0.15, 0.2) is 0 Å². The predicted molar refractivity (Wildman–Crippen MR) is 98.4 cm³/mol. The van der Waals surface area contributed by atoms with Crippen molar-refractivity contribution in [2.45, 2.75) is 30.9 Å². The highest BCUT2D eigenvalue weighted by Crippen LogP contribution is 2.44. The molecular weight excluding hydrogens is 346 g/mol. The number of likely N-dealkylation sites (tertiary alicyclic amines) is 1. The summed E-state index contributed by atoms with van der Waals surface area (Å²) < 4.78 is 5.53. The lowest BCUT2D eigenvalue weighted by atomic mass is 9.98. The van der Waals surface area contributed by atoms with Crippen molar-refractivity contribution in [1.29, 1.82) is 0 Å². The van der Waals surface area contributed by atoms with Crippen LogP contribution in [0.3, 0.4) is 0 Å². The third kappa shape index (κ3) is 2.77. The van der Waals surface area contributed by atoms with Gasteiger partial charge in [-0.05, 0) is 29.2 Å². The first-order valence-corrected chi connectivity index (χ1v) is 8.96. The second-order valence-electron chi connectivity index (χ2n) is 7.35. The van der Waals surface area contributed by atoms with Crippen molar-refractivity contribution in [3.05, 3.63) is 59.7 Å². The highest BCUT2D eigenvalue weighted by molar-refractivity contribution is 5.85. The van der Waals surface area contributed by atoms with Gasteiger partial charge in [-0.1, -0.05) is 48.5 Å². The first kappa shape index (κ1) is 17.5. The molecule has 1 amide bonds. The molecule has 27 heavy (non-hydrogen) atoms. The molecule has 0 aromatic heterocycles. The molecule has 6 heteroatoms. The van der Waals surface area contributed by atoms with Crippen molar-refractivity contribution < 1.29 is 24.5 Å². The molecular formula is C21H21NO5. The molecule has 2 atom stereocenters. The first-order valence-electron chi connectivity index (χ1n) is 8.96. The van der Waals surface area contributed by atoms with Gasteiger partial charge in [0.25, 0.3) is 0 Å². The third-order valence-electron chi connectivity index (χ3n) is 5.64. The zero-order valence-electron chi connectivity index (χ0n) is 15.0. The van der Waals surface area contributed by atoms with Crippen molar-refractivity contribution in [2.24, 2.45) is 0 Å². The highest BCUT2D eigenvalue weighted by Gasteiger charge is 2.50. The number of ether oxygens (including phenoxy) is 1. The molecule has 1 aliphatic carbocycles. The number of amides is 1. The van der Waals surface area contributed by atoms with Crippen molar-refractivity contribution in [3.8, 4) is 11.1 Å². The zero-order chi connectivity index (χ0) is 19.2. The largest absolute Gasteiger partial charge is 0.480 e. The Kier molecular flexibility index (Phi) is 4.15. The summed E-state index contributed by atoms with van der Waals surface area (Å²) in [5.74, 6) is -1.24. The quantitative estimate of drug-likeness (QED) is 0.871. The molecule has 2 aromatic carbocycles. The SMILES string of the molecule is C[C@]1(C(=O)O)C[C@@H](O)CN1C(=O)OCC1c2ccccc2-c2ccccc21. The van der Waals surface area contributed by atoms with Gasteiger partial charge in [-0.25, -0.2) is 9.59 Å². The van der Waals surface area contributed by atoms with Gasteiger partial charge in [0.1, 0.15) is 12.1 Å². The Bertz CT molecular complexity index is 865. The van der Waals surface area contributed by atoms with Gasteiger partial charge in [-0.3, -0.25) is 4.90 Å². The van der Waals surface area contributed by atoms with Crippen molar-refractivity contribution in [3.63, 3.8) is 0 Å². The Labute approximate surface area is 157 Å². The van der Waals surface area contributed by atoms with E-state index in [1.807, 2.05) is 48.5 Å². The van der Waals surface area contributed by atoms with Crippen LogP contribution in [-0.2, 0) is 9.53 Å². The number of hydrogen-bond donors (Lipinski definition) is 2. The minimum atomic E-state index is -1.46. The molecule has 2 N–H and O–H groups in total. The number of fused-ring (bicyclic) bond motifs is 3. The number of carboxylic acids is 1. The van der Waals surface area contributed by atoms with E-state index in [2.05, 4.69) is 0 Å². The number of rotatable bonds is 3. The van der Waals surface area contributed by atoms with Gasteiger partial charge in [-0.2, -0.15) is 0 Å². The van der Waals surface area contributed by atoms with Crippen LogP contribution in [0.25, 0.3) is 11.1 Å². The van der Waals surface area contributed by atoms with Crippen molar-refractivity contribution >= 4 is 12.1 Å². The van der Waals surface area contributed by atoms with Crippen LogP contribution in [-0.4, -0.2) is 52.0 Å². The number of carboxylic acid groups (broad SMARTS) is 1. The fourth-order valence-electron chi connectivity index (χ4n) is 4.20. The van der Waals surface area contributed by atoms with Crippen LogP contribution in [0.2, 0.25) is 0 Å². The number of aliphatic hydroxyl groups is 1. The van der Waals surface area contributed by atoms with Gasteiger partial charge in [-0.15, -0.1) is 0 Å². The highest BCUT2D eigenvalue weighted by atomic mass is 16.6. The summed E-state index contributed by atoms with van der Waals surface area (Å²) in [5, 5.41) is 19.3. The summed E-state index contributed by atoms with van der Waals surface area (Å²) in [6.45, 7) is 1.52. The molecule has 0 radical (unpaired) electrons. The lowest BCUT2D eigenvalue weighted by molar-refractivity contribution is -0.147. The van der Waals surface area contributed by atoms with Crippen LogP contribution >= 0.6 is 0 Å². The number of nitrogens with zero attached hydrogens (tertiary/aromatic N) is 1. The lowest BCUT2D eigenvalue weighted by Gasteiger charge is -2.30. The Morgan fingerprint density at radius 3 is 2.22 bits per heavy atom. The topological polar surface area (TPSA) is 87.1 Å². The standard InChI is InChI=1S/C21H21NO5/c1-21(19(24)25)10-13(23)11-22(21)20(26)27-12-18-16-8-4-2-6-14(16)15-7-3-5-9-17(15)18/h2-9,13,18,23H,10-12H2,1H3,(H,24,25)/t13-,21-/m1/s1. The third-order valence-corrected chi connectivity index (χ3v) is 5.64. The zero-order valence-corrected chi connectivity index (χ0v) is 15.0. The molecule has 0 saturated carbocycles. The van der Waals surface area contributed by atoms with Gasteiger partial charge in [0, 0.05) is 12.3 Å². The van der Waals surface area contributed by atoms with Crippen molar-refractivity contribution in [2.75, 3.05) is 13.2 Å². The maximum absolute atomic E-state index is 12.6. The van der Waals surface area contributed by atoms with E-state index in [1.54, 1.807) is 0 Å². The molecule has 0 bridgehead atoms. The van der Waals surface area contributed by atoms with E-state index >= 15 is 0 Å². The van der Waals surface area contributed by atoms with Crippen LogP contribution in [0.5, 0.6) is 0 Å². The van der Waals surface area contributed by atoms with E-state index in [0.29, 0.717) is 0 Å². The van der Waals surface area contributed by atoms with E-state index in [0.717, 1.165) is 27.2 Å². The number of aliphatic hydroxyl groups excluding tert-OH is 1. The average molecular weight is 367 g/mol. The van der Waals surface area contributed by atoms with Crippen molar-refractivity contribution in [1.82, 2.24) is 4.90 Å². The van der Waals surface area contributed by atoms with Gasteiger partial charge < -0.3 is 14.9 Å². The number of carbonyl (C=O) groups is 2. The van der Waals surface area contributed by atoms with Crippen LogP contribution in [0.4, 0.5) is 4.79 Å². The Balaban J connectivity index is 1.56. The first-order chi connectivity index (χ1) is 12.9. The summed E-state index contributed by atoms with van der Waals surface area (Å²) in [4.78, 5) is 25.3. The van der Waals surface area contributed by atoms with Gasteiger partial charge in [0.05, 0.1) is 12.6 Å². The average Bonchev–Trinajstić information content (AvgIpc) is 3.15. The van der Waals surface area contributed by atoms with Crippen LogP contribution in [0.15, 0.2) is 48.5 Å². The van der Waals surface area contributed by atoms with Crippen LogP contribution in [0.1, 0.15) is 30.4 Å². The second-order valence-corrected chi connectivity index (χ2v) is 7.35. The number of aliphatic carboxylic acids is 1. The number of β-amino-alcohol motifs (C(OH)–C–C–N with tert-alkyl or cyclic N) is 1. The molecule has 1 aliphatic heterocycles. The van der Waals surface area contributed by atoms with Crippen LogP contribution in [0, 0.1) is 0 Å². The molecule has 0 spiro atoms. The lowest BCUT2D eigenvalue weighted by Crippen LogP contribution is -2.51. The van der Waals surface area contributed by atoms with E-state index in [1.165, 1.54) is 6.92 Å². The number of carbonyl (C=O) groups excluding carboxylic acids is 1. The fraction of sp³-hybridized carbons (Fsp3) is 0.333. The van der Waals surface area contributed by atoms with Gasteiger partial charge in [0.2, 0.25) is 0 Å². The molecule has 4 rings (SSSR count). The molecule has 140 valence electrons. The normalized spacial score (nSPS) is 23.8. The Hall–Kier alpha value is -2.86. The van der Waals surface area contributed by atoms with E-state index in [9.17, 15) is 19.8 Å². The van der Waals surface area contributed by atoms with E-state index in [4.69, 9.17) is 4.74 Å². The Morgan fingerprint density at radius 1 is 1.11 bits per heavy atom. The van der Waals surface area contributed by atoms with E-state index < -0.39 is 23.7 Å². The minimum Gasteiger partial charge on any atom is -0.480 e. The maximum atomic E-state index is 12.6. The smallest absolute Gasteiger partial charge is 0.410 e. The summed E-state index contributed by atoms with van der Waals surface area (Å²) >= 11 is 0. The monoisotopic (exact) mass is 367 g/mol. The summed E-state index contributed by atoms with van der Waals surface area (Å²) in [6.07, 6.45) is -1.59. The molecule has 0 unspecified atom stereocenters. The molecule has 1 heterocycles. The fourth-order valence-corrected chi connectivity index (χ4v) is 4.20. The molecule has 2 aromatic rings. The molecule has 2 aliphatic rings. The molecule has 1 saturated heterocycles. The summed E-state index contributed by atoms with van der Waals surface area (Å²) in [7, 11) is 0. The maximum Gasteiger partial charge on any atom is 0.410 e. The predicted octanol–water partition coefficient (Wildman–Crippen LogP) is 2.85. The van der Waals surface area contributed by atoms with Gasteiger partial charge >= 0.3 is 12.1 Å². The van der Waals surface area contributed by atoms with Crippen LogP contribution < -0.4 is 0 Å². The number of hydrogen-bond acceptors (Lipinski definition) is 4. The molecule has 6 nitrogen and oxygen atoms in total. The molecule has 1 fully saturated rings. The number of benzene rings is 2. The second kappa shape index (κ2) is 6.39. The summed E-state index contributed by atoms with van der Waals surface area (Å²) in [5.41, 5.74) is 2.98.